The molecule has 0 saturated carbocycles. The van der Waals surface area contributed by atoms with Gasteiger partial charge in [-0.05, 0) is 77.0 Å². The second-order valence-electron chi connectivity index (χ2n) is 23.5. The standard InChI is InChI=1S/C69H133NO5/c1-3-5-7-9-11-13-15-17-18-31-34-38-41-45-49-53-57-61-67(72)66(65-71)70-68(73)62-58-54-50-46-42-39-35-32-29-27-25-23-21-19-20-22-24-26-28-30-33-36-40-44-48-52-56-60-64-75-69(74)63-59-55-51-47-43-37-16-14-12-10-8-6-4-2/h14,16,19-20,66-67,71-72H,3-13,15,17-18,21-65H2,1-2H3,(H,70,73)/b16-14-,20-19-. The molecule has 6 nitrogen and oxygen atoms in total. The molecule has 0 fully saturated rings. The minimum atomic E-state index is -0.664. The predicted molar refractivity (Wildman–Crippen MR) is 329 cm³/mol. The van der Waals surface area contributed by atoms with Crippen molar-refractivity contribution in [2.24, 2.45) is 0 Å². The summed E-state index contributed by atoms with van der Waals surface area (Å²) in [5.74, 6) is -0.0246. The van der Waals surface area contributed by atoms with Gasteiger partial charge >= 0.3 is 5.97 Å². The first kappa shape index (κ1) is 73.3. The van der Waals surface area contributed by atoms with Crippen LogP contribution in [0.4, 0.5) is 0 Å². The van der Waals surface area contributed by atoms with Gasteiger partial charge in [-0.15, -0.1) is 0 Å². The van der Waals surface area contributed by atoms with Crippen LogP contribution in [0.5, 0.6) is 0 Å². The van der Waals surface area contributed by atoms with Crippen LogP contribution < -0.4 is 5.32 Å². The molecule has 444 valence electrons. The number of aliphatic hydroxyl groups excluding tert-OH is 2. The van der Waals surface area contributed by atoms with E-state index in [9.17, 15) is 19.8 Å². The minimum Gasteiger partial charge on any atom is -0.466 e. The Balaban J connectivity index is 3.38. The van der Waals surface area contributed by atoms with E-state index in [1.54, 1.807) is 0 Å². The van der Waals surface area contributed by atoms with E-state index in [0.717, 1.165) is 44.9 Å². The zero-order valence-corrected chi connectivity index (χ0v) is 50.8. The van der Waals surface area contributed by atoms with Crippen LogP contribution in [-0.2, 0) is 14.3 Å². The minimum absolute atomic E-state index is 0.00708. The van der Waals surface area contributed by atoms with Gasteiger partial charge in [0.15, 0.2) is 0 Å². The molecule has 0 aliphatic heterocycles. The summed E-state index contributed by atoms with van der Waals surface area (Å²) in [5.41, 5.74) is 0. The molecular weight excluding hydrogens is 923 g/mol. The van der Waals surface area contributed by atoms with Crippen LogP contribution in [0.2, 0.25) is 0 Å². The van der Waals surface area contributed by atoms with E-state index in [-0.39, 0.29) is 18.5 Å². The number of esters is 1. The Labute approximate surface area is 469 Å². The number of nitrogens with one attached hydrogen (secondary N) is 1. The third-order valence-corrected chi connectivity index (χ3v) is 16.0. The molecule has 0 saturated heterocycles. The Kier molecular flexibility index (Phi) is 63.4. The highest BCUT2D eigenvalue weighted by Gasteiger charge is 2.20. The first-order valence-electron chi connectivity index (χ1n) is 34.1. The van der Waals surface area contributed by atoms with Crippen molar-refractivity contribution in [1.82, 2.24) is 5.32 Å². The molecule has 3 N–H and O–H groups in total. The average molecular weight is 1060 g/mol. The Morgan fingerprint density at radius 1 is 0.360 bits per heavy atom. The van der Waals surface area contributed by atoms with Crippen molar-refractivity contribution in [1.29, 1.82) is 0 Å². The molecule has 2 atom stereocenters. The van der Waals surface area contributed by atoms with E-state index in [1.807, 2.05) is 0 Å². The van der Waals surface area contributed by atoms with Crippen LogP contribution in [0.15, 0.2) is 24.3 Å². The summed E-state index contributed by atoms with van der Waals surface area (Å²) in [6.45, 7) is 4.97. The second kappa shape index (κ2) is 64.9. The number of carbonyl (C=O) groups is 2. The predicted octanol–water partition coefficient (Wildman–Crippen LogP) is 21.8. The van der Waals surface area contributed by atoms with E-state index in [1.165, 1.54) is 302 Å². The molecule has 75 heavy (non-hydrogen) atoms. The Morgan fingerprint density at radius 3 is 0.960 bits per heavy atom. The lowest BCUT2D eigenvalue weighted by Gasteiger charge is -2.22. The van der Waals surface area contributed by atoms with Crippen molar-refractivity contribution in [2.75, 3.05) is 13.2 Å². The lowest BCUT2D eigenvalue weighted by Crippen LogP contribution is -2.45. The summed E-state index contributed by atoms with van der Waals surface area (Å²) < 4.78 is 5.48. The first-order valence-corrected chi connectivity index (χ1v) is 34.1. The van der Waals surface area contributed by atoms with Gasteiger partial charge in [-0.2, -0.15) is 0 Å². The number of unbranched alkanes of at least 4 members (excludes halogenated alkanes) is 49. The Hall–Kier alpha value is -1.66. The summed E-state index contributed by atoms with van der Waals surface area (Å²) >= 11 is 0. The van der Waals surface area contributed by atoms with E-state index >= 15 is 0 Å². The Morgan fingerprint density at radius 2 is 0.627 bits per heavy atom. The van der Waals surface area contributed by atoms with Crippen molar-refractivity contribution in [3.63, 3.8) is 0 Å². The molecule has 0 heterocycles. The van der Waals surface area contributed by atoms with Gasteiger partial charge in [-0.1, -0.05) is 314 Å². The highest BCUT2D eigenvalue weighted by Crippen LogP contribution is 2.18. The zero-order chi connectivity index (χ0) is 54.3. The van der Waals surface area contributed by atoms with Gasteiger partial charge in [0.05, 0.1) is 25.4 Å². The number of rotatable bonds is 64. The normalized spacial score (nSPS) is 12.6. The molecule has 2 unspecified atom stereocenters. The van der Waals surface area contributed by atoms with Crippen molar-refractivity contribution in [2.45, 2.75) is 392 Å². The largest absolute Gasteiger partial charge is 0.466 e. The van der Waals surface area contributed by atoms with Crippen LogP contribution >= 0.6 is 0 Å². The fourth-order valence-corrected chi connectivity index (χ4v) is 10.7. The van der Waals surface area contributed by atoms with Gasteiger partial charge < -0.3 is 20.3 Å². The van der Waals surface area contributed by atoms with Gasteiger partial charge in [-0.3, -0.25) is 9.59 Å². The number of hydrogen-bond donors (Lipinski definition) is 3. The van der Waals surface area contributed by atoms with Gasteiger partial charge in [0.1, 0.15) is 0 Å². The summed E-state index contributed by atoms with van der Waals surface area (Å²) in [6.07, 6.45) is 80.7. The number of aliphatic hydroxyl groups is 2. The molecule has 6 heteroatoms. The topological polar surface area (TPSA) is 95.9 Å². The highest BCUT2D eigenvalue weighted by molar-refractivity contribution is 5.76. The SMILES string of the molecule is CCCCCC/C=C\CCCCCCCC(=O)OCCCCCCCCCCCCCC/C=C\CCCCCCCCCCCCCCC(=O)NC(CO)C(O)CCCCCCCCCCCCCCCCCCC. The molecule has 0 aromatic heterocycles. The maximum Gasteiger partial charge on any atom is 0.305 e. The number of hydrogen-bond acceptors (Lipinski definition) is 5. The van der Waals surface area contributed by atoms with Crippen molar-refractivity contribution in [3.05, 3.63) is 24.3 Å². The van der Waals surface area contributed by atoms with E-state index in [0.29, 0.717) is 25.9 Å². The van der Waals surface area contributed by atoms with Gasteiger partial charge in [0, 0.05) is 12.8 Å². The molecule has 0 aliphatic carbocycles. The molecular formula is C69H133NO5. The van der Waals surface area contributed by atoms with Crippen molar-refractivity contribution in [3.8, 4) is 0 Å². The molecule has 0 spiro atoms. The lowest BCUT2D eigenvalue weighted by molar-refractivity contribution is -0.143. The maximum absolute atomic E-state index is 12.5. The van der Waals surface area contributed by atoms with Crippen LogP contribution in [0.1, 0.15) is 380 Å². The smallest absolute Gasteiger partial charge is 0.305 e. The zero-order valence-electron chi connectivity index (χ0n) is 50.8. The van der Waals surface area contributed by atoms with Gasteiger partial charge in [-0.25, -0.2) is 0 Å². The fraction of sp³-hybridized carbons (Fsp3) is 0.913. The lowest BCUT2D eigenvalue weighted by atomic mass is 10.0. The van der Waals surface area contributed by atoms with E-state index in [2.05, 4.69) is 43.5 Å². The summed E-state index contributed by atoms with van der Waals surface area (Å²) in [5, 5.41) is 23.4. The van der Waals surface area contributed by atoms with Crippen LogP contribution in [-0.4, -0.2) is 47.4 Å². The average Bonchev–Trinajstić information content (AvgIpc) is 3.41. The van der Waals surface area contributed by atoms with Crippen molar-refractivity contribution >= 4 is 11.9 Å². The van der Waals surface area contributed by atoms with Crippen LogP contribution in [0.3, 0.4) is 0 Å². The first-order chi connectivity index (χ1) is 37.0. The molecule has 1 amide bonds. The highest BCUT2D eigenvalue weighted by atomic mass is 16.5. The van der Waals surface area contributed by atoms with Crippen molar-refractivity contribution < 1.29 is 24.5 Å². The maximum atomic E-state index is 12.5. The van der Waals surface area contributed by atoms with Gasteiger partial charge in [0.2, 0.25) is 5.91 Å². The van der Waals surface area contributed by atoms with E-state index < -0.39 is 12.1 Å². The van der Waals surface area contributed by atoms with Crippen LogP contribution in [0, 0.1) is 0 Å². The molecule has 0 aromatic carbocycles. The van der Waals surface area contributed by atoms with E-state index in [4.69, 9.17) is 4.74 Å². The summed E-state index contributed by atoms with van der Waals surface area (Å²) in [6, 6.07) is -0.541. The van der Waals surface area contributed by atoms with Gasteiger partial charge in [0.25, 0.3) is 0 Å². The number of carbonyl (C=O) groups excluding carboxylic acids is 2. The quantitative estimate of drug-likeness (QED) is 0.0320. The molecule has 0 radical (unpaired) electrons. The third-order valence-electron chi connectivity index (χ3n) is 16.0. The molecule has 0 rings (SSSR count). The Bertz CT molecular complexity index is 1170. The second-order valence-corrected chi connectivity index (χ2v) is 23.5. The molecule has 0 bridgehead atoms. The fourth-order valence-electron chi connectivity index (χ4n) is 10.7. The summed E-state index contributed by atoms with van der Waals surface area (Å²) in [4.78, 5) is 24.6. The molecule has 0 aliphatic rings. The molecule has 0 aromatic rings. The number of amides is 1. The number of allylic oxidation sites excluding steroid dienone is 4. The summed E-state index contributed by atoms with van der Waals surface area (Å²) in [7, 11) is 0. The third kappa shape index (κ3) is 61.4. The van der Waals surface area contributed by atoms with Crippen LogP contribution in [0.25, 0.3) is 0 Å². The number of ether oxygens (including phenoxy) is 1. The monoisotopic (exact) mass is 1060 g/mol.